The number of hydrogen-bond donors (Lipinski definition) is 1. The first-order valence-corrected chi connectivity index (χ1v) is 6.12. The van der Waals surface area contributed by atoms with Crippen molar-refractivity contribution in [1.82, 2.24) is 5.32 Å². The van der Waals surface area contributed by atoms with E-state index >= 15 is 0 Å². The molecular formula is C10H21NS. The van der Waals surface area contributed by atoms with E-state index in [1.54, 1.807) is 0 Å². The zero-order valence-electron chi connectivity index (χ0n) is 8.52. The molecule has 0 heterocycles. The number of rotatable bonds is 6. The van der Waals surface area contributed by atoms with Crippen molar-refractivity contribution >= 4 is 11.8 Å². The highest BCUT2D eigenvalue weighted by atomic mass is 32.2. The molecule has 2 heteroatoms. The Hall–Kier alpha value is 0.310. The van der Waals surface area contributed by atoms with Gasteiger partial charge in [-0.15, -0.1) is 0 Å². The minimum absolute atomic E-state index is 0.406. The quantitative estimate of drug-likeness (QED) is 0.641. The van der Waals surface area contributed by atoms with Crippen molar-refractivity contribution < 1.29 is 0 Å². The first kappa shape index (κ1) is 10.4. The van der Waals surface area contributed by atoms with E-state index in [4.69, 9.17) is 0 Å². The molecule has 0 amide bonds. The van der Waals surface area contributed by atoms with Crippen molar-refractivity contribution in [3.63, 3.8) is 0 Å². The van der Waals surface area contributed by atoms with Crippen LogP contribution in [-0.2, 0) is 0 Å². The molecule has 1 fully saturated rings. The summed E-state index contributed by atoms with van der Waals surface area (Å²) in [5, 5.41) is 3.53. The van der Waals surface area contributed by atoms with Crippen LogP contribution in [0, 0.1) is 5.92 Å². The number of thioether (sulfide) groups is 1. The van der Waals surface area contributed by atoms with Gasteiger partial charge in [0.1, 0.15) is 0 Å². The van der Waals surface area contributed by atoms with Crippen molar-refractivity contribution in [1.29, 1.82) is 0 Å². The normalized spacial score (nSPS) is 18.2. The highest BCUT2D eigenvalue weighted by molar-refractivity contribution is 7.99. The summed E-state index contributed by atoms with van der Waals surface area (Å²) in [5.41, 5.74) is 0. The van der Waals surface area contributed by atoms with E-state index in [-0.39, 0.29) is 0 Å². The lowest BCUT2D eigenvalue weighted by molar-refractivity contribution is 0.559. The highest BCUT2D eigenvalue weighted by Gasteiger charge is 2.21. The fourth-order valence-electron chi connectivity index (χ4n) is 1.17. The monoisotopic (exact) mass is 187 g/mol. The maximum Gasteiger partial charge on any atom is 0.0225 e. The molecule has 1 nitrogen and oxygen atoms in total. The predicted molar refractivity (Wildman–Crippen MR) is 57.8 cm³/mol. The van der Waals surface area contributed by atoms with Crippen LogP contribution in [0.2, 0.25) is 0 Å². The second kappa shape index (κ2) is 4.52. The van der Waals surface area contributed by atoms with E-state index in [1.807, 2.05) is 11.8 Å². The molecule has 0 spiro atoms. The minimum Gasteiger partial charge on any atom is -0.315 e. The van der Waals surface area contributed by atoms with Crippen LogP contribution in [0.5, 0.6) is 0 Å². The molecule has 0 aromatic carbocycles. The third kappa shape index (κ3) is 4.36. The Morgan fingerprint density at radius 2 is 2.08 bits per heavy atom. The van der Waals surface area contributed by atoms with Gasteiger partial charge in [-0.3, -0.25) is 0 Å². The van der Waals surface area contributed by atoms with Gasteiger partial charge in [-0.2, -0.15) is 11.8 Å². The van der Waals surface area contributed by atoms with E-state index < -0.39 is 0 Å². The SMILES string of the molecule is CSC(C)(C)CNCCC1CC1. The lowest BCUT2D eigenvalue weighted by atomic mass is 10.2. The van der Waals surface area contributed by atoms with Crippen LogP contribution < -0.4 is 5.32 Å². The average Bonchev–Trinajstić information content (AvgIpc) is 2.82. The fraction of sp³-hybridized carbons (Fsp3) is 1.00. The molecule has 0 atom stereocenters. The smallest absolute Gasteiger partial charge is 0.0225 e. The molecule has 0 radical (unpaired) electrons. The summed E-state index contributed by atoms with van der Waals surface area (Å²) < 4.78 is 0.406. The van der Waals surface area contributed by atoms with Gasteiger partial charge in [0, 0.05) is 11.3 Å². The second-order valence-electron chi connectivity index (χ2n) is 4.37. The topological polar surface area (TPSA) is 12.0 Å². The van der Waals surface area contributed by atoms with Crippen molar-refractivity contribution in [2.24, 2.45) is 5.92 Å². The van der Waals surface area contributed by atoms with E-state index in [0.717, 1.165) is 12.5 Å². The lowest BCUT2D eigenvalue weighted by Crippen LogP contribution is -2.32. The van der Waals surface area contributed by atoms with Crippen LogP contribution in [-0.4, -0.2) is 24.1 Å². The summed E-state index contributed by atoms with van der Waals surface area (Å²) in [6, 6.07) is 0. The molecule has 1 saturated carbocycles. The van der Waals surface area contributed by atoms with E-state index in [1.165, 1.54) is 25.8 Å². The Balaban J connectivity index is 1.92. The molecule has 0 aromatic rings. The predicted octanol–water partition coefficient (Wildman–Crippen LogP) is 2.52. The zero-order chi connectivity index (χ0) is 9.03. The van der Waals surface area contributed by atoms with Crippen LogP contribution in [0.1, 0.15) is 33.1 Å². The third-order valence-corrected chi connectivity index (χ3v) is 3.78. The first-order valence-electron chi connectivity index (χ1n) is 4.90. The van der Waals surface area contributed by atoms with Crippen LogP contribution in [0.3, 0.4) is 0 Å². The molecule has 1 aliphatic rings. The maximum absolute atomic E-state index is 3.53. The molecule has 1 rings (SSSR count). The summed E-state index contributed by atoms with van der Waals surface area (Å²) in [5.74, 6) is 1.06. The third-order valence-electron chi connectivity index (χ3n) is 2.53. The summed E-state index contributed by atoms with van der Waals surface area (Å²) in [6.45, 7) is 6.94. The average molecular weight is 187 g/mol. The molecule has 0 aliphatic heterocycles. The van der Waals surface area contributed by atoms with Gasteiger partial charge in [-0.05, 0) is 39.0 Å². The van der Waals surface area contributed by atoms with Crippen LogP contribution in [0.4, 0.5) is 0 Å². The Morgan fingerprint density at radius 3 is 2.58 bits per heavy atom. The summed E-state index contributed by atoms with van der Waals surface area (Å²) in [4.78, 5) is 0. The van der Waals surface area contributed by atoms with Gasteiger partial charge in [-0.25, -0.2) is 0 Å². The molecule has 0 unspecified atom stereocenters. The molecular weight excluding hydrogens is 166 g/mol. The number of hydrogen-bond acceptors (Lipinski definition) is 2. The van der Waals surface area contributed by atoms with Gasteiger partial charge >= 0.3 is 0 Å². The standard InChI is InChI=1S/C10H21NS/c1-10(2,12-3)8-11-7-6-9-4-5-9/h9,11H,4-8H2,1-3H3. The molecule has 0 bridgehead atoms. The minimum atomic E-state index is 0.406. The molecule has 1 N–H and O–H groups in total. The zero-order valence-corrected chi connectivity index (χ0v) is 9.34. The van der Waals surface area contributed by atoms with Crippen LogP contribution in [0.25, 0.3) is 0 Å². The second-order valence-corrected chi connectivity index (χ2v) is 5.89. The van der Waals surface area contributed by atoms with Gasteiger partial charge in [0.25, 0.3) is 0 Å². The Labute approximate surface area is 80.7 Å². The van der Waals surface area contributed by atoms with Crippen molar-refractivity contribution in [2.45, 2.75) is 37.9 Å². The van der Waals surface area contributed by atoms with E-state index in [0.29, 0.717) is 4.75 Å². The van der Waals surface area contributed by atoms with Crippen LogP contribution >= 0.6 is 11.8 Å². The fourth-order valence-corrected chi connectivity index (χ4v) is 1.42. The molecule has 0 aromatic heterocycles. The summed E-state index contributed by atoms with van der Waals surface area (Å²) in [6.07, 6.45) is 6.54. The van der Waals surface area contributed by atoms with Crippen molar-refractivity contribution in [2.75, 3.05) is 19.3 Å². The molecule has 0 saturated heterocycles. The van der Waals surface area contributed by atoms with Crippen molar-refractivity contribution in [3.8, 4) is 0 Å². The van der Waals surface area contributed by atoms with Crippen molar-refractivity contribution in [3.05, 3.63) is 0 Å². The molecule has 12 heavy (non-hydrogen) atoms. The highest BCUT2D eigenvalue weighted by Crippen LogP contribution is 2.31. The number of nitrogens with one attached hydrogen (secondary N) is 1. The Morgan fingerprint density at radius 1 is 1.42 bits per heavy atom. The summed E-state index contributed by atoms with van der Waals surface area (Å²) in [7, 11) is 0. The lowest BCUT2D eigenvalue weighted by Gasteiger charge is -2.22. The van der Waals surface area contributed by atoms with Crippen LogP contribution in [0.15, 0.2) is 0 Å². The van der Waals surface area contributed by atoms with Gasteiger partial charge in [0.15, 0.2) is 0 Å². The first-order chi connectivity index (χ1) is 5.64. The maximum atomic E-state index is 3.53. The van der Waals surface area contributed by atoms with Gasteiger partial charge in [0.05, 0.1) is 0 Å². The largest absolute Gasteiger partial charge is 0.315 e. The van der Waals surface area contributed by atoms with Gasteiger partial charge in [0.2, 0.25) is 0 Å². The van der Waals surface area contributed by atoms with Gasteiger partial charge in [-0.1, -0.05) is 12.8 Å². The molecule has 1 aliphatic carbocycles. The van der Waals surface area contributed by atoms with E-state index in [2.05, 4.69) is 25.4 Å². The van der Waals surface area contributed by atoms with Gasteiger partial charge < -0.3 is 5.32 Å². The Bertz CT molecular complexity index is 130. The van der Waals surface area contributed by atoms with E-state index in [9.17, 15) is 0 Å². The Kier molecular flexibility index (Phi) is 3.91. The molecule has 72 valence electrons. The summed E-state index contributed by atoms with van der Waals surface area (Å²) >= 11 is 1.94.